The van der Waals surface area contributed by atoms with Crippen LogP contribution in [0.3, 0.4) is 0 Å². The summed E-state index contributed by atoms with van der Waals surface area (Å²) in [4.78, 5) is 2.30. The highest BCUT2D eigenvalue weighted by Gasteiger charge is 2.09. The number of rotatable bonds is 3. The van der Waals surface area contributed by atoms with Crippen LogP contribution in [0.2, 0.25) is 0 Å². The summed E-state index contributed by atoms with van der Waals surface area (Å²) in [7, 11) is 0. The molecule has 1 aromatic heterocycles. The van der Waals surface area contributed by atoms with E-state index < -0.39 is 0 Å². The van der Waals surface area contributed by atoms with Crippen molar-refractivity contribution in [2.75, 3.05) is 13.1 Å². The molecular weight excluding hydrogens is 164 g/mol. The minimum absolute atomic E-state index is 0.484. The minimum Gasteiger partial charge on any atom is -0.463 e. The summed E-state index contributed by atoms with van der Waals surface area (Å²) in [6.07, 6.45) is 4.35. The largest absolute Gasteiger partial charge is 0.463 e. The molecule has 70 valence electrons. The molecule has 2 heterocycles. The molecule has 1 aliphatic heterocycles. The van der Waals surface area contributed by atoms with E-state index in [-0.39, 0.29) is 0 Å². The molecule has 0 saturated carbocycles. The van der Waals surface area contributed by atoms with Crippen molar-refractivity contribution >= 4 is 0 Å². The molecule has 0 fully saturated rings. The van der Waals surface area contributed by atoms with Crippen molar-refractivity contribution in [1.82, 2.24) is 4.90 Å². The van der Waals surface area contributed by atoms with Crippen LogP contribution in [-0.4, -0.2) is 18.0 Å². The SMILES string of the molecule is NCc1ccc(CN2CC=CC2)o1. The average Bonchev–Trinajstić information content (AvgIpc) is 2.76. The molecule has 0 radical (unpaired) electrons. The summed E-state index contributed by atoms with van der Waals surface area (Å²) >= 11 is 0. The lowest BCUT2D eigenvalue weighted by Crippen LogP contribution is -2.18. The van der Waals surface area contributed by atoms with E-state index in [2.05, 4.69) is 17.1 Å². The Kier molecular flexibility index (Phi) is 2.47. The second kappa shape index (κ2) is 3.77. The third-order valence-corrected chi connectivity index (χ3v) is 2.19. The Bertz CT molecular complexity index is 296. The molecule has 0 aliphatic carbocycles. The van der Waals surface area contributed by atoms with Gasteiger partial charge in [-0.05, 0) is 12.1 Å². The minimum atomic E-state index is 0.484. The van der Waals surface area contributed by atoms with Crippen LogP contribution in [0.4, 0.5) is 0 Å². The zero-order chi connectivity index (χ0) is 9.10. The molecule has 0 bridgehead atoms. The van der Waals surface area contributed by atoms with Gasteiger partial charge in [-0.15, -0.1) is 0 Å². The predicted molar refractivity (Wildman–Crippen MR) is 51.0 cm³/mol. The van der Waals surface area contributed by atoms with E-state index in [1.165, 1.54) is 0 Å². The lowest BCUT2D eigenvalue weighted by molar-refractivity contribution is 0.303. The Labute approximate surface area is 77.8 Å². The molecule has 1 aromatic rings. The molecule has 3 heteroatoms. The van der Waals surface area contributed by atoms with Crippen LogP contribution in [0.1, 0.15) is 11.5 Å². The van der Waals surface area contributed by atoms with Gasteiger partial charge < -0.3 is 10.2 Å². The molecule has 2 N–H and O–H groups in total. The highest BCUT2D eigenvalue weighted by molar-refractivity contribution is 5.08. The Morgan fingerprint density at radius 3 is 2.54 bits per heavy atom. The lowest BCUT2D eigenvalue weighted by atomic mass is 10.4. The third-order valence-electron chi connectivity index (χ3n) is 2.19. The summed E-state index contributed by atoms with van der Waals surface area (Å²) in [6, 6.07) is 3.94. The van der Waals surface area contributed by atoms with Crippen molar-refractivity contribution in [3.05, 3.63) is 35.8 Å². The van der Waals surface area contributed by atoms with Crippen molar-refractivity contribution in [1.29, 1.82) is 0 Å². The summed E-state index contributed by atoms with van der Waals surface area (Å²) in [6.45, 7) is 3.42. The van der Waals surface area contributed by atoms with Crippen LogP contribution >= 0.6 is 0 Å². The van der Waals surface area contributed by atoms with E-state index in [0.717, 1.165) is 31.2 Å². The maximum atomic E-state index is 5.50. The molecule has 0 spiro atoms. The molecule has 0 aromatic carbocycles. The molecule has 0 saturated heterocycles. The van der Waals surface area contributed by atoms with Gasteiger partial charge in [0.15, 0.2) is 0 Å². The quantitative estimate of drug-likeness (QED) is 0.705. The van der Waals surface area contributed by atoms with Crippen LogP contribution < -0.4 is 5.73 Å². The lowest BCUT2D eigenvalue weighted by Gasteiger charge is -2.11. The van der Waals surface area contributed by atoms with Crippen molar-refractivity contribution in [3.63, 3.8) is 0 Å². The van der Waals surface area contributed by atoms with Crippen molar-refractivity contribution in [2.24, 2.45) is 5.73 Å². The third kappa shape index (κ3) is 1.99. The molecule has 2 rings (SSSR count). The first-order valence-electron chi connectivity index (χ1n) is 4.53. The second-order valence-electron chi connectivity index (χ2n) is 3.24. The maximum Gasteiger partial charge on any atom is 0.118 e. The van der Waals surface area contributed by atoms with Gasteiger partial charge in [-0.3, -0.25) is 4.90 Å². The Balaban J connectivity index is 1.93. The zero-order valence-corrected chi connectivity index (χ0v) is 7.57. The van der Waals surface area contributed by atoms with Crippen LogP contribution in [-0.2, 0) is 13.1 Å². The summed E-state index contributed by atoms with van der Waals surface area (Å²) in [5, 5.41) is 0. The van der Waals surface area contributed by atoms with Crippen LogP contribution in [0.5, 0.6) is 0 Å². The van der Waals surface area contributed by atoms with Gasteiger partial charge >= 0.3 is 0 Å². The maximum absolute atomic E-state index is 5.50. The molecule has 13 heavy (non-hydrogen) atoms. The van der Waals surface area contributed by atoms with E-state index in [4.69, 9.17) is 10.2 Å². The fourth-order valence-electron chi connectivity index (χ4n) is 1.49. The summed E-state index contributed by atoms with van der Waals surface area (Å²) in [5.41, 5.74) is 5.45. The standard InChI is InChI=1S/C10H14N2O/c11-7-9-3-4-10(13-9)8-12-5-1-2-6-12/h1-4H,5-8,11H2. The Morgan fingerprint density at radius 1 is 1.23 bits per heavy atom. The molecular formula is C10H14N2O. The molecule has 0 amide bonds. The fourth-order valence-corrected chi connectivity index (χ4v) is 1.49. The zero-order valence-electron chi connectivity index (χ0n) is 7.57. The fraction of sp³-hybridized carbons (Fsp3) is 0.400. The monoisotopic (exact) mass is 178 g/mol. The number of hydrogen-bond acceptors (Lipinski definition) is 3. The van der Waals surface area contributed by atoms with Gasteiger partial charge in [0.25, 0.3) is 0 Å². The van der Waals surface area contributed by atoms with E-state index >= 15 is 0 Å². The Morgan fingerprint density at radius 2 is 1.92 bits per heavy atom. The highest BCUT2D eigenvalue weighted by atomic mass is 16.3. The predicted octanol–water partition coefficient (Wildman–Crippen LogP) is 1.11. The van der Waals surface area contributed by atoms with E-state index in [1.807, 2.05) is 12.1 Å². The van der Waals surface area contributed by atoms with Crippen molar-refractivity contribution in [2.45, 2.75) is 13.1 Å². The second-order valence-corrected chi connectivity index (χ2v) is 3.24. The number of furan rings is 1. The average molecular weight is 178 g/mol. The van der Waals surface area contributed by atoms with Gasteiger partial charge in [-0.1, -0.05) is 12.2 Å². The molecule has 1 aliphatic rings. The van der Waals surface area contributed by atoms with Gasteiger partial charge in [-0.25, -0.2) is 0 Å². The van der Waals surface area contributed by atoms with E-state index in [9.17, 15) is 0 Å². The van der Waals surface area contributed by atoms with Gasteiger partial charge in [0.2, 0.25) is 0 Å². The number of nitrogens with two attached hydrogens (primary N) is 1. The summed E-state index contributed by atoms with van der Waals surface area (Å²) < 4.78 is 5.50. The van der Waals surface area contributed by atoms with E-state index in [1.54, 1.807) is 0 Å². The Hall–Kier alpha value is -1.06. The molecule has 0 unspecified atom stereocenters. The van der Waals surface area contributed by atoms with Crippen LogP contribution in [0.15, 0.2) is 28.7 Å². The van der Waals surface area contributed by atoms with Crippen molar-refractivity contribution < 1.29 is 4.42 Å². The smallest absolute Gasteiger partial charge is 0.118 e. The normalized spacial score (nSPS) is 17.0. The summed E-state index contributed by atoms with van der Waals surface area (Å²) in [5.74, 6) is 1.87. The topological polar surface area (TPSA) is 42.4 Å². The van der Waals surface area contributed by atoms with E-state index in [0.29, 0.717) is 6.54 Å². The highest BCUT2D eigenvalue weighted by Crippen LogP contribution is 2.11. The van der Waals surface area contributed by atoms with Crippen molar-refractivity contribution in [3.8, 4) is 0 Å². The van der Waals surface area contributed by atoms with Gasteiger partial charge in [0.1, 0.15) is 11.5 Å². The number of hydrogen-bond donors (Lipinski definition) is 1. The first-order chi connectivity index (χ1) is 6.38. The van der Waals surface area contributed by atoms with Crippen LogP contribution in [0.25, 0.3) is 0 Å². The van der Waals surface area contributed by atoms with Gasteiger partial charge in [0.05, 0.1) is 13.1 Å². The molecule has 0 atom stereocenters. The molecule has 3 nitrogen and oxygen atoms in total. The first-order valence-corrected chi connectivity index (χ1v) is 4.53. The first kappa shape index (κ1) is 8.53. The number of nitrogens with zero attached hydrogens (tertiary/aromatic N) is 1. The van der Waals surface area contributed by atoms with Crippen LogP contribution in [0, 0.1) is 0 Å². The van der Waals surface area contributed by atoms with Gasteiger partial charge in [-0.2, -0.15) is 0 Å². The van der Waals surface area contributed by atoms with Gasteiger partial charge in [0, 0.05) is 13.1 Å².